The first-order chi connectivity index (χ1) is 14.4. The molecule has 1 fully saturated rings. The molecule has 0 spiro atoms. The molecule has 0 radical (unpaired) electrons. The predicted octanol–water partition coefficient (Wildman–Crippen LogP) is 5.09. The molecular weight excluding hydrogens is 378 g/mol. The first-order valence-electron chi connectivity index (χ1n) is 10.5. The second-order valence-corrected chi connectivity index (χ2v) is 7.80. The van der Waals surface area contributed by atoms with Crippen LogP contribution >= 0.6 is 0 Å². The lowest BCUT2D eigenvalue weighted by Gasteiger charge is -2.25. The second-order valence-electron chi connectivity index (χ2n) is 7.80. The minimum atomic E-state index is -0.639. The van der Waals surface area contributed by atoms with Gasteiger partial charge in [0.15, 0.2) is 0 Å². The van der Waals surface area contributed by atoms with Gasteiger partial charge in [0.2, 0.25) is 0 Å². The zero-order valence-electron chi connectivity index (χ0n) is 17.8. The van der Waals surface area contributed by atoms with Gasteiger partial charge in [0.05, 0.1) is 17.7 Å². The maximum absolute atomic E-state index is 12.9. The number of hydrogen-bond acceptors (Lipinski definition) is 4. The number of carbonyl (C=O) groups is 2. The Balaban J connectivity index is 2.02. The average Bonchev–Trinajstić information content (AvgIpc) is 2.99. The number of hydrogen-bond donors (Lipinski definition) is 1. The lowest BCUT2D eigenvalue weighted by Crippen LogP contribution is -2.30. The Bertz CT molecular complexity index is 916. The first-order valence-corrected chi connectivity index (χ1v) is 10.5. The molecule has 1 saturated heterocycles. The van der Waals surface area contributed by atoms with Crippen molar-refractivity contribution in [1.82, 2.24) is 4.90 Å². The van der Waals surface area contributed by atoms with Gasteiger partial charge >= 0.3 is 0 Å². The maximum atomic E-state index is 12.9. The van der Waals surface area contributed by atoms with E-state index in [2.05, 4.69) is 6.92 Å². The molecule has 0 bridgehead atoms. The highest BCUT2D eigenvalue weighted by Crippen LogP contribution is 2.39. The highest BCUT2D eigenvalue weighted by molar-refractivity contribution is 6.46. The molecule has 1 amide bonds. The van der Waals surface area contributed by atoms with E-state index >= 15 is 0 Å². The maximum Gasteiger partial charge on any atom is 0.295 e. The van der Waals surface area contributed by atoms with E-state index in [-0.39, 0.29) is 17.4 Å². The molecule has 1 aliphatic heterocycles. The van der Waals surface area contributed by atoms with Crippen LogP contribution in [0.4, 0.5) is 0 Å². The Labute approximate surface area is 178 Å². The summed E-state index contributed by atoms with van der Waals surface area (Å²) < 4.78 is 5.65. The molecule has 0 aromatic heterocycles. The summed E-state index contributed by atoms with van der Waals surface area (Å²) in [5.41, 5.74) is 1.44. The fourth-order valence-corrected chi connectivity index (χ4v) is 3.74. The van der Waals surface area contributed by atoms with E-state index in [0.29, 0.717) is 17.9 Å². The van der Waals surface area contributed by atoms with Gasteiger partial charge < -0.3 is 14.7 Å². The molecule has 1 heterocycles. The summed E-state index contributed by atoms with van der Waals surface area (Å²) in [4.78, 5) is 27.3. The highest BCUT2D eigenvalue weighted by Gasteiger charge is 2.45. The SMILES string of the molecule is CCCCCN1C(=O)C(=O)/C(=C(\O)c2ccc(OC(C)C)cc2)C1c1ccccc1. The minimum Gasteiger partial charge on any atom is -0.507 e. The molecule has 5 nitrogen and oxygen atoms in total. The van der Waals surface area contributed by atoms with Crippen LogP contribution in [0, 0.1) is 0 Å². The van der Waals surface area contributed by atoms with Crippen molar-refractivity contribution in [2.75, 3.05) is 6.54 Å². The van der Waals surface area contributed by atoms with Crippen molar-refractivity contribution in [3.63, 3.8) is 0 Å². The minimum absolute atomic E-state index is 0.0379. The number of Topliss-reactive ketones (excluding diaryl/α,β-unsaturated/α-hetero) is 1. The van der Waals surface area contributed by atoms with Crippen LogP contribution in [-0.4, -0.2) is 34.3 Å². The van der Waals surface area contributed by atoms with E-state index in [1.807, 2.05) is 44.2 Å². The molecule has 1 N–H and O–H groups in total. The van der Waals surface area contributed by atoms with Crippen LogP contribution in [-0.2, 0) is 9.59 Å². The number of nitrogens with zero attached hydrogens (tertiary/aromatic N) is 1. The Morgan fingerprint density at radius 1 is 1.03 bits per heavy atom. The molecular formula is C25H29NO4. The van der Waals surface area contributed by atoms with Gasteiger partial charge in [-0.05, 0) is 50.1 Å². The number of unbranched alkanes of at least 4 members (excludes halogenated alkanes) is 2. The Kier molecular flexibility index (Phi) is 6.93. The van der Waals surface area contributed by atoms with Gasteiger partial charge in [0.25, 0.3) is 11.7 Å². The second kappa shape index (κ2) is 9.61. The monoisotopic (exact) mass is 407 g/mol. The zero-order valence-corrected chi connectivity index (χ0v) is 17.8. The molecule has 5 heteroatoms. The number of likely N-dealkylation sites (tertiary alicyclic amines) is 1. The van der Waals surface area contributed by atoms with E-state index in [4.69, 9.17) is 4.74 Å². The lowest BCUT2D eigenvalue weighted by molar-refractivity contribution is -0.139. The van der Waals surface area contributed by atoms with Crippen molar-refractivity contribution >= 4 is 17.4 Å². The molecule has 1 unspecified atom stereocenters. The van der Waals surface area contributed by atoms with Crippen molar-refractivity contribution in [2.45, 2.75) is 52.2 Å². The average molecular weight is 408 g/mol. The van der Waals surface area contributed by atoms with Crippen molar-refractivity contribution < 1.29 is 19.4 Å². The Morgan fingerprint density at radius 2 is 1.70 bits per heavy atom. The van der Waals surface area contributed by atoms with Crippen LogP contribution in [0.25, 0.3) is 5.76 Å². The molecule has 3 rings (SSSR count). The number of carbonyl (C=O) groups excluding carboxylic acids is 2. The Morgan fingerprint density at radius 3 is 2.30 bits per heavy atom. The third-order valence-electron chi connectivity index (χ3n) is 5.16. The molecule has 0 saturated carbocycles. The van der Waals surface area contributed by atoms with Gasteiger partial charge in [0, 0.05) is 12.1 Å². The summed E-state index contributed by atoms with van der Waals surface area (Å²) >= 11 is 0. The number of rotatable bonds is 8. The van der Waals surface area contributed by atoms with Crippen molar-refractivity contribution in [2.24, 2.45) is 0 Å². The quantitative estimate of drug-likeness (QED) is 0.287. The molecule has 0 aliphatic carbocycles. The fourth-order valence-electron chi connectivity index (χ4n) is 3.74. The predicted molar refractivity (Wildman–Crippen MR) is 117 cm³/mol. The number of ether oxygens (including phenoxy) is 1. The van der Waals surface area contributed by atoms with Crippen LogP contribution in [0.15, 0.2) is 60.2 Å². The highest BCUT2D eigenvalue weighted by atomic mass is 16.5. The van der Waals surface area contributed by atoms with Crippen LogP contribution in [0.5, 0.6) is 5.75 Å². The third kappa shape index (κ3) is 4.56. The van der Waals surface area contributed by atoms with Crippen LogP contribution in [0.1, 0.15) is 57.2 Å². The van der Waals surface area contributed by atoms with Gasteiger partial charge in [-0.1, -0.05) is 50.1 Å². The molecule has 2 aromatic carbocycles. The van der Waals surface area contributed by atoms with Crippen LogP contribution in [0.3, 0.4) is 0 Å². The third-order valence-corrected chi connectivity index (χ3v) is 5.16. The summed E-state index contributed by atoms with van der Waals surface area (Å²) in [7, 11) is 0. The van der Waals surface area contributed by atoms with E-state index in [1.54, 1.807) is 29.2 Å². The van der Waals surface area contributed by atoms with Gasteiger partial charge in [-0.2, -0.15) is 0 Å². The largest absolute Gasteiger partial charge is 0.507 e. The first kappa shape index (κ1) is 21.6. The molecule has 2 aromatic rings. The van der Waals surface area contributed by atoms with Gasteiger partial charge in [0.1, 0.15) is 11.5 Å². The normalized spacial score (nSPS) is 18.3. The van der Waals surface area contributed by atoms with Gasteiger partial charge in [-0.25, -0.2) is 0 Å². The van der Waals surface area contributed by atoms with Gasteiger partial charge in [-0.15, -0.1) is 0 Å². The number of aliphatic hydroxyl groups is 1. The molecule has 158 valence electrons. The topological polar surface area (TPSA) is 66.8 Å². The number of ketones is 1. The molecule has 30 heavy (non-hydrogen) atoms. The van der Waals surface area contributed by atoms with Crippen LogP contribution < -0.4 is 4.74 Å². The lowest BCUT2D eigenvalue weighted by atomic mass is 9.95. The number of amides is 1. The fraction of sp³-hybridized carbons (Fsp3) is 0.360. The number of benzene rings is 2. The molecule has 1 aliphatic rings. The Hall–Kier alpha value is -3.08. The number of aliphatic hydroxyl groups excluding tert-OH is 1. The van der Waals surface area contributed by atoms with E-state index in [0.717, 1.165) is 24.8 Å². The summed E-state index contributed by atoms with van der Waals surface area (Å²) in [5.74, 6) is -0.668. The van der Waals surface area contributed by atoms with Crippen molar-refractivity contribution in [3.8, 4) is 5.75 Å². The standard InChI is InChI=1S/C25H29NO4/c1-4-5-9-16-26-22(18-10-7-6-8-11-18)21(24(28)25(26)29)23(27)19-12-14-20(15-13-19)30-17(2)3/h6-8,10-15,17,22,27H,4-5,9,16H2,1-3H3/b23-21-. The summed E-state index contributed by atoms with van der Waals surface area (Å²) in [6.45, 7) is 6.45. The summed E-state index contributed by atoms with van der Waals surface area (Å²) in [6.07, 6.45) is 2.84. The van der Waals surface area contributed by atoms with E-state index < -0.39 is 17.7 Å². The summed E-state index contributed by atoms with van der Waals surface area (Å²) in [5, 5.41) is 11.0. The molecule has 1 atom stereocenters. The van der Waals surface area contributed by atoms with E-state index in [9.17, 15) is 14.7 Å². The smallest absolute Gasteiger partial charge is 0.295 e. The van der Waals surface area contributed by atoms with Crippen LogP contribution in [0.2, 0.25) is 0 Å². The van der Waals surface area contributed by atoms with Crippen molar-refractivity contribution in [1.29, 1.82) is 0 Å². The van der Waals surface area contributed by atoms with E-state index in [1.165, 1.54) is 0 Å². The zero-order chi connectivity index (χ0) is 21.7. The summed E-state index contributed by atoms with van der Waals surface area (Å²) in [6, 6.07) is 15.7. The van der Waals surface area contributed by atoms with Crippen molar-refractivity contribution in [3.05, 3.63) is 71.3 Å². The van der Waals surface area contributed by atoms with Gasteiger partial charge in [-0.3, -0.25) is 9.59 Å².